The summed E-state index contributed by atoms with van der Waals surface area (Å²) in [7, 11) is 1.73. The van der Waals surface area contributed by atoms with Crippen LogP contribution in [0.1, 0.15) is 53.4 Å². The van der Waals surface area contributed by atoms with Crippen LogP contribution in [0.2, 0.25) is 0 Å². The zero-order valence-corrected chi connectivity index (χ0v) is 18.6. The van der Waals surface area contributed by atoms with E-state index >= 15 is 0 Å². The fourth-order valence-electron chi connectivity index (χ4n) is 3.30. The number of hydrogen-bond donors (Lipinski definition) is 3. The standard InChI is InChI=1S/C22H35FN4O3/c1-15(29-19-8-6-7-16(23)13-19)14-25-20(24-5)26-17-9-11-18(12-10-17)27-21(28)30-22(2,3)4/h6-8,13,15,17-18H,9-12,14H2,1-5H3,(H,27,28)(H2,24,25,26). The van der Waals surface area contributed by atoms with Crippen LogP contribution in [0.5, 0.6) is 5.75 Å². The van der Waals surface area contributed by atoms with Gasteiger partial charge in [0.05, 0.1) is 6.54 Å². The minimum Gasteiger partial charge on any atom is -0.489 e. The second-order valence-electron chi connectivity index (χ2n) is 8.68. The monoisotopic (exact) mass is 422 g/mol. The van der Waals surface area contributed by atoms with Crippen LogP contribution in [0.4, 0.5) is 9.18 Å². The van der Waals surface area contributed by atoms with Crippen LogP contribution in [0.3, 0.4) is 0 Å². The van der Waals surface area contributed by atoms with E-state index in [1.54, 1.807) is 19.2 Å². The zero-order chi connectivity index (χ0) is 22.1. The summed E-state index contributed by atoms with van der Waals surface area (Å²) in [5, 5.41) is 9.63. The average molecular weight is 423 g/mol. The van der Waals surface area contributed by atoms with Gasteiger partial charge in [0, 0.05) is 25.2 Å². The summed E-state index contributed by atoms with van der Waals surface area (Å²) in [4.78, 5) is 16.2. The molecular formula is C22H35FN4O3. The molecule has 0 heterocycles. The maximum absolute atomic E-state index is 13.3. The third kappa shape index (κ3) is 8.88. The van der Waals surface area contributed by atoms with E-state index in [4.69, 9.17) is 9.47 Å². The predicted molar refractivity (Wildman–Crippen MR) is 116 cm³/mol. The first kappa shape index (κ1) is 23.8. The minimum absolute atomic E-state index is 0.132. The molecule has 1 unspecified atom stereocenters. The highest BCUT2D eigenvalue weighted by molar-refractivity contribution is 5.80. The molecule has 3 N–H and O–H groups in total. The van der Waals surface area contributed by atoms with Crippen LogP contribution in [-0.2, 0) is 4.74 Å². The molecule has 0 bridgehead atoms. The van der Waals surface area contributed by atoms with Crippen molar-refractivity contribution in [1.29, 1.82) is 0 Å². The van der Waals surface area contributed by atoms with Gasteiger partial charge in [-0.3, -0.25) is 4.99 Å². The van der Waals surface area contributed by atoms with Crippen LogP contribution < -0.4 is 20.7 Å². The second kappa shape index (κ2) is 11.0. The number of nitrogens with one attached hydrogen (secondary N) is 3. The topological polar surface area (TPSA) is 84.0 Å². The number of carbonyl (C=O) groups is 1. The number of alkyl carbamates (subject to hydrolysis) is 1. The zero-order valence-electron chi connectivity index (χ0n) is 18.6. The number of rotatable bonds is 6. The van der Waals surface area contributed by atoms with E-state index in [0.29, 0.717) is 18.3 Å². The molecule has 2 rings (SSSR count). The van der Waals surface area contributed by atoms with Crippen molar-refractivity contribution in [2.24, 2.45) is 4.99 Å². The number of nitrogens with zero attached hydrogens (tertiary/aromatic N) is 1. The van der Waals surface area contributed by atoms with Crippen molar-refractivity contribution in [3.05, 3.63) is 30.1 Å². The Morgan fingerprint density at radius 2 is 1.83 bits per heavy atom. The summed E-state index contributed by atoms with van der Waals surface area (Å²) < 4.78 is 24.3. The van der Waals surface area contributed by atoms with Gasteiger partial charge in [-0.25, -0.2) is 9.18 Å². The molecule has 1 aliphatic carbocycles. The molecule has 1 aliphatic rings. The SMILES string of the molecule is CN=C(NCC(C)Oc1cccc(F)c1)NC1CCC(NC(=O)OC(C)(C)C)CC1. The first-order valence-electron chi connectivity index (χ1n) is 10.5. The quantitative estimate of drug-likeness (QED) is 0.482. The molecule has 0 saturated heterocycles. The molecular weight excluding hydrogens is 387 g/mol. The first-order valence-corrected chi connectivity index (χ1v) is 10.5. The van der Waals surface area contributed by atoms with Crippen molar-refractivity contribution >= 4 is 12.1 Å². The van der Waals surface area contributed by atoms with Gasteiger partial charge in [0.2, 0.25) is 0 Å². The van der Waals surface area contributed by atoms with E-state index in [9.17, 15) is 9.18 Å². The molecule has 1 aromatic rings. The van der Waals surface area contributed by atoms with Gasteiger partial charge in [-0.2, -0.15) is 0 Å². The number of carbonyl (C=O) groups excluding carboxylic acids is 1. The van der Waals surface area contributed by atoms with Crippen LogP contribution in [0.15, 0.2) is 29.3 Å². The van der Waals surface area contributed by atoms with Crippen molar-refractivity contribution in [1.82, 2.24) is 16.0 Å². The molecule has 0 spiro atoms. The van der Waals surface area contributed by atoms with Crippen LogP contribution in [0, 0.1) is 5.82 Å². The van der Waals surface area contributed by atoms with E-state index in [1.165, 1.54) is 12.1 Å². The van der Waals surface area contributed by atoms with Gasteiger partial charge >= 0.3 is 6.09 Å². The van der Waals surface area contributed by atoms with Gasteiger partial charge in [0.25, 0.3) is 0 Å². The Hall–Kier alpha value is -2.51. The van der Waals surface area contributed by atoms with E-state index in [2.05, 4.69) is 20.9 Å². The molecule has 1 atom stereocenters. The number of ether oxygens (including phenoxy) is 2. The molecule has 0 radical (unpaired) electrons. The molecule has 8 heteroatoms. The number of aliphatic imine (C=N–C) groups is 1. The fourth-order valence-corrected chi connectivity index (χ4v) is 3.30. The maximum Gasteiger partial charge on any atom is 0.407 e. The van der Waals surface area contributed by atoms with E-state index in [-0.39, 0.29) is 30.1 Å². The highest BCUT2D eigenvalue weighted by atomic mass is 19.1. The Morgan fingerprint density at radius 3 is 2.40 bits per heavy atom. The first-order chi connectivity index (χ1) is 14.1. The smallest absolute Gasteiger partial charge is 0.407 e. The van der Waals surface area contributed by atoms with E-state index < -0.39 is 5.60 Å². The Kier molecular flexibility index (Phi) is 8.74. The van der Waals surface area contributed by atoms with Crippen LogP contribution >= 0.6 is 0 Å². The lowest BCUT2D eigenvalue weighted by Gasteiger charge is -2.31. The lowest BCUT2D eigenvalue weighted by atomic mass is 9.91. The molecule has 1 aromatic carbocycles. The van der Waals surface area contributed by atoms with Crippen LogP contribution in [-0.4, -0.2) is 49.4 Å². The average Bonchev–Trinajstić information content (AvgIpc) is 2.65. The van der Waals surface area contributed by atoms with Crippen molar-refractivity contribution in [2.75, 3.05) is 13.6 Å². The van der Waals surface area contributed by atoms with Gasteiger partial charge in [0.1, 0.15) is 23.3 Å². The Morgan fingerprint density at radius 1 is 1.20 bits per heavy atom. The summed E-state index contributed by atoms with van der Waals surface area (Å²) in [6.07, 6.45) is 3.11. The van der Waals surface area contributed by atoms with Crippen molar-refractivity contribution < 1.29 is 18.7 Å². The summed E-state index contributed by atoms with van der Waals surface area (Å²) in [6, 6.07) is 6.53. The Bertz CT molecular complexity index is 713. The Balaban J connectivity index is 1.69. The molecule has 0 aromatic heterocycles. The maximum atomic E-state index is 13.3. The van der Waals surface area contributed by atoms with Crippen molar-refractivity contribution in [3.8, 4) is 5.75 Å². The molecule has 168 valence electrons. The molecule has 1 amide bonds. The third-order valence-electron chi connectivity index (χ3n) is 4.70. The predicted octanol–water partition coefficient (Wildman–Crippen LogP) is 3.59. The second-order valence-corrected chi connectivity index (χ2v) is 8.68. The van der Waals surface area contributed by atoms with Gasteiger partial charge in [-0.05, 0) is 65.5 Å². The number of benzene rings is 1. The molecule has 30 heavy (non-hydrogen) atoms. The molecule has 7 nitrogen and oxygen atoms in total. The largest absolute Gasteiger partial charge is 0.489 e. The molecule has 1 fully saturated rings. The van der Waals surface area contributed by atoms with Crippen LogP contribution in [0.25, 0.3) is 0 Å². The lowest BCUT2D eigenvalue weighted by Crippen LogP contribution is -2.49. The van der Waals surface area contributed by atoms with E-state index in [0.717, 1.165) is 25.7 Å². The summed E-state index contributed by atoms with van der Waals surface area (Å²) in [5.41, 5.74) is -0.490. The fraction of sp³-hybridized carbons (Fsp3) is 0.636. The number of hydrogen-bond acceptors (Lipinski definition) is 4. The van der Waals surface area contributed by atoms with Crippen molar-refractivity contribution in [3.63, 3.8) is 0 Å². The highest BCUT2D eigenvalue weighted by Crippen LogP contribution is 2.19. The van der Waals surface area contributed by atoms with Gasteiger partial charge in [-0.15, -0.1) is 0 Å². The highest BCUT2D eigenvalue weighted by Gasteiger charge is 2.25. The summed E-state index contributed by atoms with van der Waals surface area (Å²) in [5.74, 6) is 0.887. The van der Waals surface area contributed by atoms with Crippen molar-refractivity contribution in [2.45, 2.75) is 77.2 Å². The molecule has 1 saturated carbocycles. The van der Waals surface area contributed by atoms with Gasteiger partial charge < -0.3 is 25.4 Å². The van der Waals surface area contributed by atoms with E-state index in [1.807, 2.05) is 27.7 Å². The van der Waals surface area contributed by atoms with Gasteiger partial charge in [-0.1, -0.05) is 6.07 Å². The summed E-state index contributed by atoms with van der Waals surface area (Å²) in [6.45, 7) is 8.02. The number of guanidine groups is 1. The lowest BCUT2D eigenvalue weighted by molar-refractivity contribution is 0.0490. The normalized spacial score (nSPS) is 20.8. The third-order valence-corrected chi connectivity index (χ3v) is 4.70. The minimum atomic E-state index is -0.490. The molecule has 0 aliphatic heterocycles. The Labute approximate surface area is 178 Å². The summed E-state index contributed by atoms with van der Waals surface area (Å²) >= 11 is 0. The number of amides is 1. The number of halogens is 1. The van der Waals surface area contributed by atoms with Gasteiger partial charge in [0.15, 0.2) is 5.96 Å².